The maximum Gasteiger partial charge on any atom is 0.190 e. The second kappa shape index (κ2) is 9.81. The third kappa shape index (κ3) is 4.51. The molecule has 2 aromatic carbocycles. The minimum absolute atomic E-state index is 0.163. The van der Waals surface area contributed by atoms with Gasteiger partial charge in [-0.1, -0.05) is 55.5 Å². The molecule has 158 valence electrons. The van der Waals surface area contributed by atoms with E-state index in [4.69, 9.17) is 4.74 Å². The molecule has 3 N–H and O–H groups in total. The molecule has 0 radical (unpaired) electrons. The minimum Gasteiger partial charge on any atom is -0.373 e. The molecule has 4 rings (SSSR count). The van der Waals surface area contributed by atoms with E-state index in [1.165, 1.54) is 27.6 Å². The third-order valence-corrected chi connectivity index (χ3v) is 6.05. The monoisotopic (exact) mass is 404 g/mol. The number of ether oxygens (including phenoxy) is 1. The number of aryl methyl sites for hydroxylation is 1. The van der Waals surface area contributed by atoms with Crippen molar-refractivity contribution in [3.05, 3.63) is 71.4 Å². The highest BCUT2D eigenvalue weighted by Crippen LogP contribution is 2.33. The Morgan fingerprint density at radius 1 is 1.10 bits per heavy atom. The first-order chi connectivity index (χ1) is 14.8. The van der Waals surface area contributed by atoms with Crippen LogP contribution in [-0.4, -0.2) is 37.7 Å². The molecule has 5 nitrogen and oxygen atoms in total. The second-order valence-corrected chi connectivity index (χ2v) is 7.89. The number of fused-ring (bicyclic) bond motifs is 1. The van der Waals surface area contributed by atoms with E-state index in [0.29, 0.717) is 5.92 Å². The lowest BCUT2D eigenvalue weighted by molar-refractivity contribution is 0.0915. The Bertz CT molecular complexity index is 979. The molecule has 0 bridgehead atoms. The van der Waals surface area contributed by atoms with E-state index in [1.807, 2.05) is 13.1 Å². The lowest BCUT2D eigenvalue weighted by atomic mass is 9.95. The summed E-state index contributed by atoms with van der Waals surface area (Å²) in [6.45, 7) is 4.71. The molecule has 0 spiro atoms. The van der Waals surface area contributed by atoms with Gasteiger partial charge in [-0.3, -0.25) is 4.99 Å². The number of rotatable bonds is 7. The van der Waals surface area contributed by atoms with Crippen molar-refractivity contribution >= 4 is 16.9 Å². The summed E-state index contributed by atoms with van der Waals surface area (Å²) >= 11 is 0. The predicted molar refractivity (Wildman–Crippen MR) is 124 cm³/mol. The van der Waals surface area contributed by atoms with Crippen molar-refractivity contribution in [2.75, 3.05) is 26.7 Å². The van der Waals surface area contributed by atoms with E-state index < -0.39 is 0 Å². The van der Waals surface area contributed by atoms with Crippen LogP contribution in [-0.2, 0) is 17.6 Å². The number of hydrogen-bond acceptors (Lipinski definition) is 2. The average molecular weight is 405 g/mol. The fraction of sp³-hybridized carbons (Fsp3) is 0.400. The van der Waals surface area contributed by atoms with E-state index >= 15 is 0 Å². The highest BCUT2D eigenvalue weighted by atomic mass is 16.5. The number of benzene rings is 2. The SMILES string of the molecule is CCc1cccc2c(CCNC(=NC)NCC3CCOC3c3ccccc3)c[nH]c12. The molecule has 1 aliphatic rings. The first kappa shape index (κ1) is 20.5. The summed E-state index contributed by atoms with van der Waals surface area (Å²) in [5.74, 6) is 1.30. The smallest absolute Gasteiger partial charge is 0.190 e. The van der Waals surface area contributed by atoms with Crippen molar-refractivity contribution in [3.63, 3.8) is 0 Å². The Morgan fingerprint density at radius 3 is 2.77 bits per heavy atom. The summed E-state index contributed by atoms with van der Waals surface area (Å²) in [7, 11) is 1.83. The quantitative estimate of drug-likeness (QED) is 0.408. The Hall–Kier alpha value is -2.79. The Morgan fingerprint density at radius 2 is 1.97 bits per heavy atom. The van der Waals surface area contributed by atoms with Gasteiger partial charge in [0.25, 0.3) is 0 Å². The number of nitrogens with one attached hydrogen (secondary N) is 3. The number of hydrogen-bond donors (Lipinski definition) is 3. The van der Waals surface area contributed by atoms with Gasteiger partial charge in [0, 0.05) is 49.8 Å². The van der Waals surface area contributed by atoms with Crippen molar-refractivity contribution in [3.8, 4) is 0 Å². The summed E-state index contributed by atoms with van der Waals surface area (Å²) in [6, 6.07) is 17.1. The summed E-state index contributed by atoms with van der Waals surface area (Å²) in [4.78, 5) is 7.86. The van der Waals surface area contributed by atoms with Gasteiger partial charge in [-0.05, 0) is 36.0 Å². The molecular weight excluding hydrogens is 372 g/mol. The molecule has 0 saturated carbocycles. The van der Waals surface area contributed by atoms with Gasteiger partial charge >= 0.3 is 0 Å². The maximum atomic E-state index is 6.00. The topological polar surface area (TPSA) is 61.4 Å². The van der Waals surface area contributed by atoms with Gasteiger partial charge in [-0.2, -0.15) is 0 Å². The summed E-state index contributed by atoms with van der Waals surface area (Å²) < 4.78 is 6.00. The van der Waals surface area contributed by atoms with Crippen molar-refractivity contribution in [2.45, 2.75) is 32.3 Å². The maximum absolute atomic E-state index is 6.00. The molecule has 1 aromatic heterocycles. The fourth-order valence-corrected chi connectivity index (χ4v) is 4.39. The molecule has 2 atom stereocenters. The fourth-order valence-electron chi connectivity index (χ4n) is 4.39. The van der Waals surface area contributed by atoms with Crippen LogP contribution in [0.25, 0.3) is 10.9 Å². The van der Waals surface area contributed by atoms with Crippen LogP contribution in [0.4, 0.5) is 0 Å². The molecule has 3 aromatic rings. The van der Waals surface area contributed by atoms with E-state index in [1.54, 1.807) is 0 Å². The average Bonchev–Trinajstić information content (AvgIpc) is 3.43. The molecule has 0 amide bonds. The summed E-state index contributed by atoms with van der Waals surface area (Å²) in [5, 5.41) is 8.29. The van der Waals surface area contributed by atoms with Crippen LogP contribution in [0, 0.1) is 5.92 Å². The van der Waals surface area contributed by atoms with Gasteiger partial charge in [0.2, 0.25) is 0 Å². The van der Waals surface area contributed by atoms with Crippen molar-refractivity contribution < 1.29 is 4.74 Å². The first-order valence-corrected chi connectivity index (χ1v) is 11.0. The largest absolute Gasteiger partial charge is 0.373 e. The van der Waals surface area contributed by atoms with Crippen molar-refractivity contribution in [1.29, 1.82) is 0 Å². The number of aliphatic imine (C=N–C) groups is 1. The Kier molecular flexibility index (Phi) is 6.70. The molecule has 2 unspecified atom stereocenters. The number of guanidine groups is 1. The molecule has 5 heteroatoms. The molecular formula is C25H32N4O. The second-order valence-electron chi connectivity index (χ2n) is 7.89. The molecule has 30 heavy (non-hydrogen) atoms. The zero-order valence-electron chi connectivity index (χ0n) is 17.9. The van der Waals surface area contributed by atoms with Crippen molar-refractivity contribution in [1.82, 2.24) is 15.6 Å². The van der Waals surface area contributed by atoms with Gasteiger partial charge in [0.1, 0.15) is 0 Å². The molecule has 1 fully saturated rings. The Balaban J connectivity index is 1.30. The number of H-pyrrole nitrogens is 1. The van der Waals surface area contributed by atoms with Gasteiger partial charge in [0.15, 0.2) is 5.96 Å². The summed E-state index contributed by atoms with van der Waals surface area (Å²) in [6.07, 6.45) is 5.37. The molecule has 1 saturated heterocycles. The van der Waals surface area contributed by atoms with E-state index in [-0.39, 0.29) is 6.10 Å². The van der Waals surface area contributed by atoms with E-state index in [0.717, 1.165) is 44.9 Å². The van der Waals surface area contributed by atoms with Crippen LogP contribution < -0.4 is 10.6 Å². The predicted octanol–water partition coefficient (Wildman–Crippen LogP) is 4.22. The standard InChI is InChI=1S/C25H32N4O/c1-3-18-10-7-11-22-20(16-28-23(18)22)12-14-27-25(26-2)29-17-21-13-15-30-24(21)19-8-5-4-6-9-19/h4-11,16,21,24,28H,3,12-15,17H2,1-2H3,(H2,26,27,29). The third-order valence-electron chi connectivity index (χ3n) is 6.05. The molecule has 1 aliphatic heterocycles. The number of aromatic nitrogens is 1. The number of aromatic amines is 1. The number of para-hydroxylation sites is 1. The lowest BCUT2D eigenvalue weighted by Gasteiger charge is -2.20. The van der Waals surface area contributed by atoms with Gasteiger partial charge in [0.05, 0.1) is 6.10 Å². The lowest BCUT2D eigenvalue weighted by Crippen LogP contribution is -2.41. The normalized spacial score (nSPS) is 19.3. The minimum atomic E-state index is 0.163. The van der Waals surface area contributed by atoms with Crippen LogP contribution in [0.15, 0.2) is 59.7 Å². The number of nitrogens with zero attached hydrogens (tertiary/aromatic N) is 1. The van der Waals surface area contributed by atoms with Crippen LogP contribution in [0.3, 0.4) is 0 Å². The highest BCUT2D eigenvalue weighted by Gasteiger charge is 2.29. The van der Waals surface area contributed by atoms with Crippen LogP contribution in [0.5, 0.6) is 0 Å². The highest BCUT2D eigenvalue weighted by molar-refractivity contribution is 5.86. The van der Waals surface area contributed by atoms with Gasteiger partial charge in [-0.15, -0.1) is 0 Å². The van der Waals surface area contributed by atoms with Crippen LogP contribution in [0.1, 0.15) is 36.1 Å². The van der Waals surface area contributed by atoms with Crippen molar-refractivity contribution in [2.24, 2.45) is 10.9 Å². The van der Waals surface area contributed by atoms with E-state index in [9.17, 15) is 0 Å². The van der Waals surface area contributed by atoms with Gasteiger partial charge in [-0.25, -0.2) is 0 Å². The summed E-state index contributed by atoms with van der Waals surface area (Å²) in [5.41, 5.74) is 5.24. The molecule has 2 heterocycles. The van der Waals surface area contributed by atoms with Crippen LogP contribution in [0.2, 0.25) is 0 Å². The first-order valence-electron chi connectivity index (χ1n) is 11.0. The van der Waals surface area contributed by atoms with E-state index in [2.05, 4.69) is 76.2 Å². The van der Waals surface area contributed by atoms with Crippen LogP contribution >= 0.6 is 0 Å². The zero-order chi connectivity index (χ0) is 20.8. The molecule has 0 aliphatic carbocycles. The van der Waals surface area contributed by atoms with Gasteiger partial charge < -0.3 is 20.4 Å². The Labute approximate surface area is 178 Å². The zero-order valence-corrected chi connectivity index (χ0v) is 17.9.